The van der Waals surface area contributed by atoms with E-state index in [0.29, 0.717) is 17.7 Å². The first kappa shape index (κ1) is 11.9. The first-order chi connectivity index (χ1) is 9.15. The molecule has 0 N–H and O–H groups in total. The van der Waals surface area contributed by atoms with Gasteiger partial charge in [-0.25, -0.2) is 4.39 Å². The van der Waals surface area contributed by atoms with Crippen LogP contribution in [0.2, 0.25) is 0 Å². The highest BCUT2D eigenvalue weighted by molar-refractivity contribution is 6.00. The van der Waals surface area contributed by atoms with Crippen LogP contribution in [0, 0.1) is 5.82 Å². The molecule has 0 aliphatic carbocycles. The number of halogens is 1. The third-order valence-electron chi connectivity index (χ3n) is 3.36. The molecule has 0 fully saturated rings. The average molecular weight is 256 g/mol. The Hall–Kier alpha value is -2.16. The predicted octanol–water partition coefficient (Wildman–Crippen LogP) is 3.63. The van der Waals surface area contributed by atoms with Gasteiger partial charge in [0.1, 0.15) is 11.6 Å². The standard InChI is InChI=1S/C16H13FO2/c1-10(18)14-4-3-13(17)9-15(14)11-2-5-16-12(8-11)6-7-19-16/h2-5,8-9H,6-7H2,1H3. The van der Waals surface area contributed by atoms with Gasteiger partial charge in [0.05, 0.1) is 6.61 Å². The number of carbonyl (C=O) groups excluding carboxylic acids is 1. The maximum atomic E-state index is 13.4. The molecule has 0 radical (unpaired) electrons. The molecular formula is C16H13FO2. The zero-order chi connectivity index (χ0) is 13.4. The average Bonchev–Trinajstić information content (AvgIpc) is 2.85. The van der Waals surface area contributed by atoms with Crippen molar-refractivity contribution >= 4 is 5.78 Å². The van der Waals surface area contributed by atoms with Gasteiger partial charge in [-0.15, -0.1) is 0 Å². The topological polar surface area (TPSA) is 26.3 Å². The summed E-state index contributed by atoms with van der Waals surface area (Å²) in [7, 11) is 0. The van der Waals surface area contributed by atoms with Crippen molar-refractivity contribution in [3.63, 3.8) is 0 Å². The number of benzene rings is 2. The van der Waals surface area contributed by atoms with Crippen molar-refractivity contribution in [3.05, 3.63) is 53.3 Å². The Morgan fingerprint density at radius 1 is 1.21 bits per heavy atom. The zero-order valence-electron chi connectivity index (χ0n) is 10.6. The van der Waals surface area contributed by atoms with Gasteiger partial charge < -0.3 is 4.74 Å². The van der Waals surface area contributed by atoms with Gasteiger partial charge in [0.2, 0.25) is 0 Å². The minimum Gasteiger partial charge on any atom is -0.493 e. The summed E-state index contributed by atoms with van der Waals surface area (Å²) in [4.78, 5) is 11.6. The molecule has 0 amide bonds. The summed E-state index contributed by atoms with van der Waals surface area (Å²) >= 11 is 0. The zero-order valence-corrected chi connectivity index (χ0v) is 10.6. The van der Waals surface area contributed by atoms with E-state index in [9.17, 15) is 9.18 Å². The van der Waals surface area contributed by atoms with Gasteiger partial charge >= 0.3 is 0 Å². The van der Waals surface area contributed by atoms with E-state index in [-0.39, 0.29) is 11.6 Å². The quantitative estimate of drug-likeness (QED) is 0.767. The molecule has 0 spiro atoms. The Balaban J connectivity index is 2.16. The second kappa shape index (κ2) is 4.50. The van der Waals surface area contributed by atoms with Crippen molar-refractivity contribution in [1.82, 2.24) is 0 Å². The van der Waals surface area contributed by atoms with Gasteiger partial charge in [0.25, 0.3) is 0 Å². The molecule has 0 atom stereocenters. The lowest BCUT2D eigenvalue weighted by molar-refractivity contribution is 0.101. The summed E-state index contributed by atoms with van der Waals surface area (Å²) in [5.41, 5.74) is 3.15. The molecule has 19 heavy (non-hydrogen) atoms. The molecule has 3 heteroatoms. The molecule has 0 saturated heterocycles. The highest BCUT2D eigenvalue weighted by Gasteiger charge is 2.15. The number of rotatable bonds is 2. The third-order valence-corrected chi connectivity index (χ3v) is 3.36. The number of ether oxygens (including phenoxy) is 1. The van der Waals surface area contributed by atoms with Crippen LogP contribution in [0.3, 0.4) is 0 Å². The maximum Gasteiger partial charge on any atom is 0.160 e. The highest BCUT2D eigenvalue weighted by atomic mass is 19.1. The fourth-order valence-corrected chi connectivity index (χ4v) is 2.42. The van der Waals surface area contributed by atoms with Crippen molar-refractivity contribution < 1.29 is 13.9 Å². The Morgan fingerprint density at radius 2 is 2.05 bits per heavy atom. The minimum atomic E-state index is -0.336. The molecule has 2 nitrogen and oxygen atoms in total. The molecule has 2 aromatic carbocycles. The van der Waals surface area contributed by atoms with Crippen molar-refractivity contribution in [2.75, 3.05) is 6.61 Å². The molecule has 0 bridgehead atoms. The lowest BCUT2D eigenvalue weighted by Crippen LogP contribution is -1.97. The number of carbonyl (C=O) groups is 1. The largest absolute Gasteiger partial charge is 0.493 e. The van der Waals surface area contributed by atoms with E-state index in [1.165, 1.54) is 25.1 Å². The number of Topliss-reactive ketones (excluding diaryl/α,β-unsaturated/α-hetero) is 1. The van der Waals surface area contributed by atoms with Gasteiger partial charge in [-0.2, -0.15) is 0 Å². The number of hydrogen-bond acceptors (Lipinski definition) is 2. The van der Waals surface area contributed by atoms with Gasteiger partial charge in [-0.1, -0.05) is 6.07 Å². The predicted molar refractivity (Wildman–Crippen MR) is 71.0 cm³/mol. The van der Waals surface area contributed by atoms with E-state index in [1.807, 2.05) is 18.2 Å². The van der Waals surface area contributed by atoms with Gasteiger partial charge in [0, 0.05) is 12.0 Å². The Kier molecular flexibility index (Phi) is 2.82. The summed E-state index contributed by atoms with van der Waals surface area (Å²) in [5, 5.41) is 0. The molecule has 0 saturated carbocycles. The number of fused-ring (bicyclic) bond motifs is 1. The lowest BCUT2D eigenvalue weighted by Gasteiger charge is -2.09. The maximum absolute atomic E-state index is 13.4. The Morgan fingerprint density at radius 3 is 2.84 bits per heavy atom. The molecule has 0 aromatic heterocycles. The van der Waals surface area contributed by atoms with E-state index < -0.39 is 0 Å². The minimum absolute atomic E-state index is 0.0632. The fourth-order valence-electron chi connectivity index (χ4n) is 2.42. The summed E-state index contributed by atoms with van der Waals surface area (Å²) in [6, 6.07) is 9.99. The van der Waals surface area contributed by atoms with Crippen molar-refractivity contribution in [2.45, 2.75) is 13.3 Å². The molecule has 1 aliphatic heterocycles. The lowest BCUT2D eigenvalue weighted by atomic mass is 9.95. The Bertz CT molecular complexity index is 662. The molecule has 96 valence electrons. The number of ketones is 1. The van der Waals surface area contributed by atoms with Crippen LogP contribution in [0.5, 0.6) is 5.75 Å². The van der Waals surface area contributed by atoms with Gasteiger partial charge in [-0.05, 0) is 53.9 Å². The van der Waals surface area contributed by atoms with E-state index >= 15 is 0 Å². The van der Waals surface area contributed by atoms with E-state index in [1.54, 1.807) is 0 Å². The van der Waals surface area contributed by atoms with Crippen LogP contribution in [0.1, 0.15) is 22.8 Å². The van der Waals surface area contributed by atoms with Crippen LogP contribution in [0.15, 0.2) is 36.4 Å². The SMILES string of the molecule is CC(=O)c1ccc(F)cc1-c1ccc2c(c1)CCO2. The van der Waals surface area contributed by atoms with Gasteiger partial charge in [-0.3, -0.25) is 4.79 Å². The first-order valence-electron chi connectivity index (χ1n) is 6.22. The number of hydrogen-bond donors (Lipinski definition) is 0. The normalized spacial score (nSPS) is 12.9. The summed E-state index contributed by atoms with van der Waals surface area (Å²) in [6.07, 6.45) is 0.855. The van der Waals surface area contributed by atoms with Crippen LogP contribution in [0.4, 0.5) is 4.39 Å². The Labute approximate surface area is 110 Å². The summed E-state index contributed by atoms with van der Waals surface area (Å²) in [6.45, 7) is 2.18. The van der Waals surface area contributed by atoms with E-state index in [4.69, 9.17) is 4.74 Å². The van der Waals surface area contributed by atoms with Gasteiger partial charge in [0.15, 0.2) is 5.78 Å². The van der Waals surface area contributed by atoms with E-state index in [0.717, 1.165) is 23.3 Å². The van der Waals surface area contributed by atoms with E-state index in [2.05, 4.69) is 0 Å². The van der Waals surface area contributed by atoms with Crippen LogP contribution < -0.4 is 4.74 Å². The molecule has 2 aromatic rings. The van der Waals surface area contributed by atoms with Crippen LogP contribution in [-0.2, 0) is 6.42 Å². The second-order valence-corrected chi connectivity index (χ2v) is 4.67. The first-order valence-corrected chi connectivity index (χ1v) is 6.22. The van der Waals surface area contributed by atoms with Crippen molar-refractivity contribution in [1.29, 1.82) is 0 Å². The summed E-state index contributed by atoms with van der Waals surface area (Å²) in [5.74, 6) is 0.480. The van der Waals surface area contributed by atoms with Crippen molar-refractivity contribution in [2.24, 2.45) is 0 Å². The van der Waals surface area contributed by atoms with Crippen molar-refractivity contribution in [3.8, 4) is 16.9 Å². The second-order valence-electron chi connectivity index (χ2n) is 4.67. The highest BCUT2D eigenvalue weighted by Crippen LogP contribution is 2.32. The van der Waals surface area contributed by atoms with Crippen LogP contribution in [0.25, 0.3) is 11.1 Å². The smallest absolute Gasteiger partial charge is 0.160 e. The molecule has 1 aliphatic rings. The molecule has 3 rings (SSSR count). The molecular weight excluding hydrogens is 243 g/mol. The fraction of sp³-hybridized carbons (Fsp3) is 0.188. The van der Waals surface area contributed by atoms with Crippen LogP contribution >= 0.6 is 0 Å². The molecule has 0 unspecified atom stereocenters. The third kappa shape index (κ3) is 2.12. The monoisotopic (exact) mass is 256 g/mol. The summed E-state index contributed by atoms with van der Waals surface area (Å²) < 4.78 is 18.9. The van der Waals surface area contributed by atoms with Crippen LogP contribution in [-0.4, -0.2) is 12.4 Å². The molecule has 1 heterocycles.